The Bertz CT molecular complexity index is 488. The standard InChI is InChI=1S/C9H3BF7O2.Li/c11-5-3-1-2-4-6(5)18-10-19-7(4,8(12,13)14)9(15,16)17;/h1-3H;/q-1;+1. The molecule has 0 saturated carbocycles. The van der Waals surface area contributed by atoms with Crippen LogP contribution in [0.3, 0.4) is 0 Å². The molecule has 0 atom stereocenters. The summed E-state index contributed by atoms with van der Waals surface area (Å²) in [6.45, 7) is 0. The van der Waals surface area contributed by atoms with Crippen LogP contribution in [-0.2, 0) is 10.3 Å². The summed E-state index contributed by atoms with van der Waals surface area (Å²) in [6.07, 6.45) is -11.7. The van der Waals surface area contributed by atoms with Crippen LogP contribution in [0.15, 0.2) is 18.2 Å². The van der Waals surface area contributed by atoms with Gasteiger partial charge in [0.2, 0.25) is 5.60 Å². The second kappa shape index (κ2) is 5.17. The molecule has 0 aromatic heterocycles. The van der Waals surface area contributed by atoms with Crippen molar-refractivity contribution < 1.29 is 58.9 Å². The first kappa shape index (κ1) is 17.2. The Labute approximate surface area is 120 Å². The van der Waals surface area contributed by atoms with E-state index >= 15 is 0 Å². The molecule has 0 saturated heterocycles. The summed E-state index contributed by atoms with van der Waals surface area (Å²) >= 11 is 0. The zero-order valence-electron chi connectivity index (χ0n) is 9.77. The van der Waals surface area contributed by atoms with Gasteiger partial charge in [0.15, 0.2) is 5.82 Å². The summed E-state index contributed by atoms with van der Waals surface area (Å²) in [5, 5.41) is 0. The first-order valence-electron chi connectivity index (χ1n) is 4.70. The molecule has 0 spiro atoms. The molecular formula is C9H3BF7LiO2. The van der Waals surface area contributed by atoms with Crippen molar-refractivity contribution in [2.45, 2.75) is 18.0 Å². The van der Waals surface area contributed by atoms with Gasteiger partial charge >= 0.3 is 31.2 Å². The van der Waals surface area contributed by atoms with Gasteiger partial charge in [-0.1, -0.05) is 12.1 Å². The maximum absolute atomic E-state index is 13.3. The number of rotatable bonds is 0. The number of benzene rings is 1. The average Bonchev–Trinajstić information content (AvgIpc) is 2.25. The van der Waals surface area contributed by atoms with Crippen molar-refractivity contribution in [3.05, 3.63) is 29.6 Å². The van der Waals surface area contributed by atoms with Gasteiger partial charge in [0.25, 0.3) is 0 Å². The van der Waals surface area contributed by atoms with Crippen molar-refractivity contribution in [1.82, 2.24) is 0 Å². The molecule has 104 valence electrons. The Morgan fingerprint density at radius 1 is 1.00 bits per heavy atom. The first-order chi connectivity index (χ1) is 8.61. The maximum atomic E-state index is 13.3. The Morgan fingerprint density at radius 2 is 1.55 bits per heavy atom. The molecule has 2 nitrogen and oxygen atoms in total. The van der Waals surface area contributed by atoms with Gasteiger partial charge in [-0.15, -0.1) is 0 Å². The predicted molar refractivity (Wildman–Crippen MR) is 47.7 cm³/mol. The molecule has 20 heavy (non-hydrogen) atoms. The van der Waals surface area contributed by atoms with Crippen LogP contribution < -0.4 is 23.5 Å². The minimum Gasteiger partial charge on any atom is -0.739 e. The predicted octanol–water partition coefficient (Wildman–Crippen LogP) is 0.0928. The van der Waals surface area contributed by atoms with Crippen LogP contribution in [0, 0.1) is 5.82 Å². The van der Waals surface area contributed by atoms with E-state index in [1.54, 1.807) is 0 Å². The molecule has 0 amide bonds. The quantitative estimate of drug-likeness (QED) is 0.499. The van der Waals surface area contributed by atoms with Crippen molar-refractivity contribution in [2.75, 3.05) is 0 Å². The number of alkyl halides is 6. The van der Waals surface area contributed by atoms with Gasteiger partial charge in [0.05, 0.1) is 7.69 Å². The number of para-hydroxylation sites is 1. The summed E-state index contributed by atoms with van der Waals surface area (Å²) in [6, 6.07) is 1.83. The molecule has 0 aliphatic carbocycles. The van der Waals surface area contributed by atoms with Gasteiger partial charge < -0.3 is 9.31 Å². The van der Waals surface area contributed by atoms with Crippen LogP contribution in [0.1, 0.15) is 5.56 Å². The monoisotopic (exact) mass is 294 g/mol. The van der Waals surface area contributed by atoms with Gasteiger partial charge in [-0.05, 0) is 6.07 Å². The number of hydrogen-bond donors (Lipinski definition) is 0. The van der Waals surface area contributed by atoms with Gasteiger partial charge in [-0.25, -0.2) is 4.39 Å². The van der Waals surface area contributed by atoms with Crippen LogP contribution in [0.2, 0.25) is 0 Å². The average molecular weight is 294 g/mol. The summed E-state index contributed by atoms with van der Waals surface area (Å²) in [5.74, 6) is -2.52. The van der Waals surface area contributed by atoms with E-state index in [9.17, 15) is 30.7 Å². The topological polar surface area (TPSA) is 18.5 Å². The zero-order chi connectivity index (χ0) is 14.5. The van der Waals surface area contributed by atoms with Crippen LogP contribution in [0.25, 0.3) is 0 Å². The minimum atomic E-state index is -5.84. The zero-order valence-corrected chi connectivity index (χ0v) is 9.77. The molecule has 0 N–H and O–H groups in total. The molecule has 0 fully saturated rings. The van der Waals surface area contributed by atoms with E-state index in [-0.39, 0.29) is 26.5 Å². The van der Waals surface area contributed by atoms with E-state index in [1.165, 1.54) is 0 Å². The van der Waals surface area contributed by atoms with E-state index in [1.807, 2.05) is 0 Å². The van der Waals surface area contributed by atoms with Gasteiger partial charge in [0.1, 0.15) is 5.75 Å². The smallest absolute Gasteiger partial charge is 0.739 e. The minimum absolute atomic E-state index is 0. The van der Waals surface area contributed by atoms with Crippen molar-refractivity contribution in [2.24, 2.45) is 0 Å². The van der Waals surface area contributed by atoms with Crippen LogP contribution >= 0.6 is 0 Å². The summed E-state index contributed by atoms with van der Waals surface area (Å²) in [5.41, 5.74) is -6.12. The van der Waals surface area contributed by atoms with E-state index in [4.69, 9.17) is 0 Å². The molecule has 1 aliphatic rings. The Morgan fingerprint density at radius 3 is 2.05 bits per heavy atom. The Hall–Kier alpha value is -0.848. The molecule has 2 rings (SSSR count). The van der Waals surface area contributed by atoms with Crippen molar-refractivity contribution >= 4 is 7.69 Å². The molecule has 0 unspecified atom stereocenters. The van der Waals surface area contributed by atoms with Gasteiger partial charge in [-0.2, -0.15) is 26.3 Å². The maximum Gasteiger partial charge on any atom is 1.00 e. The van der Waals surface area contributed by atoms with Gasteiger partial charge in [-0.3, -0.25) is 0 Å². The Kier molecular flexibility index (Phi) is 4.44. The van der Waals surface area contributed by atoms with E-state index in [0.717, 1.165) is 0 Å². The molecule has 1 aliphatic heterocycles. The number of fused-ring (bicyclic) bond motifs is 1. The second-order valence-electron chi connectivity index (χ2n) is 3.63. The number of halogens is 7. The fourth-order valence-corrected chi connectivity index (χ4v) is 1.71. The summed E-state index contributed by atoms with van der Waals surface area (Å²) < 4.78 is 98.4. The fourth-order valence-electron chi connectivity index (χ4n) is 1.71. The molecule has 2 radical (unpaired) electrons. The van der Waals surface area contributed by atoms with E-state index in [0.29, 0.717) is 18.2 Å². The molecule has 1 heterocycles. The first-order valence-corrected chi connectivity index (χ1v) is 4.70. The molecule has 1 aromatic carbocycles. The van der Waals surface area contributed by atoms with Crippen molar-refractivity contribution in [3.8, 4) is 5.75 Å². The molecule has 11 heteroatoms. The molecule has 1 aromatic rings. The summed E-state index contributed by atoms with van der Waals surface area (Å²) in [4.78, 5) is 0. The van der Waals surface area contributed by atoms with Crippen LogP contribution in [0.5, 0.6) is 5.75 Å². The second-order valence-corrected chi connectivity index (χ2v) is 3.63. The molecular weight excluding hydrogens is 291 g/mol. The third-order valence-corrected chi connectivity index (χ3v) is 2.54. The number of hydrogen-bond acceptors (Lipinski definition) is 2. The van der Waals surface area contributed by atoms with E-state index < -0.39 is 35.1 Å². The normalized spacial score (nSPS) is 17.8. The van der Waals surface area contributed by atoms with Crippen LogP contribution in [-0.4, -0.2) is 20.0 Å². The third kappa shape index (κ3) is 2.30. The van der Waals surface area contributed by atoms with Crippen molar-refractivity contribution in [3.63, 3.8) is 0 Å². The van der Waals surface area contributed by atoms with Crippen molar-refractivity contribution in [1.29, 1.82) is 0 Å². The van der Waals surface area contributed by atoms with E-state index in [2.05, 4.69) is 9.31 Å². The van der Waals surface area contributed by atoms with Crippen LogP contribution in [0.4, 0.5) is 30.7 Å². The molecule has 0 bridgehead atoms. The van der Waals surface area contributed by atoms with Gasteiger partial charge in [0, 0.05) is 5.56 Å². The fraction of sp³-hybridized carbons (Fsp3) is 0.333. The largest absolute Gasteiger partial charge is 1.00 e. The third-order valence-electron chi connectivity index (χ3n) is 2.54. The summed E-state index contributed by atoms with van der Waals surface area (Å²) in [7, 11) is -0.174. The SMILES string of the molecule is Fc1cccc2c1O[B-]OC2(C(F)(F)F)C(F)(F)F.[Li+]. The Balaban J connectivity index is 0.00000200.